The van der Waals surface area contributed by atoms with Gasteiger partial charge in [-0.25, -0.2) is 4.98 Å². The number of nitrogens with zero attached hydrogens (tertiary/aromatic N) is 1. The Labute approximate surface area is 61.5 Å². The second-order valence-electron chi connectivity index (χ2n) is 2.08. The van der Waals surface area contributed by atoms with Crippen molar-refractivity contribution in [2.75, 3.05) is 0 Å². The highest BCUT2D eigenvalue weighted by Crippen LogP contribution is 2.29. The van der Waals surface area contributed by atoms with Gasteiger partial charge < -0.3 is 4.98 Å². The maximum absolute atomic E-state index is 12.0. The molecule has 1 N–H and O–H groups in total. The van der Waals surface area contributed by atoms with Gasteiger partial charge in [0.1, 0.15) is 0 Å². The van der Waals surface area contributed by atoms with Gasteiger partial charge in [-0.2, -0.15) is 13.2 Å². The number of alkyl halides is 3. The quantitative estimate of drug-likeness (QED) is 0.675. The van der Waals surface area contributed by atoms with E-state index in [9.17, 15) is 13.2 Å². The molecule has 0 amide bonds. The van der Waals surface area contributed by atoms with E-state index in [0.717, 1.165) is 6.33 Å². The Hall–Kier alpha value is -1.00. The summed E-state index contributed by atoms with van der Waals surface area (Å²) < 4.78 is 36.0. The molecule has 0 aliphatic rings. The zero-order valence-corrected chi connectivity index (χ0v) is 5.87. The number of aryl methyl sites for hydroxylation is 1. The highest BCUT2D eigenvalue weighted by atomic mass is 19.4. The maximum Gasteiger partial charge on any atom is 0.435 e. The maximum atomic E-state index is 12.0. The van der Waals surface area contributed by atoms with E-state index in [-0.39, 0.29) is 5.69 Å². The second-order valence-corrected chi connectivity index (χ2v) is 2.08. The van der Waals surface area contributed by atoms with Crippen LogP contribution >= 0.6 is 0 Å². The van der Waals surface area contributed by atoms with Gasteiger partial charge in [-0.15, -0.1) is 0 Å². The SMILES string of the molecule is CCc1[nH]cnc1C(F)(F)F. The van der Waals surface area contributed by atoms with Crippen LogP contribution in [0.25, 0.3) is 0 Å². The monoisotopic (exact) mass is 164 g/mol. The summed E-state index contributed by atoms with van der Waals surface area (Å²) in [5.41, 5.74) is -0.669. The fraction of sp³-hybridized carbons (Fsp3) is 0.500. The number of nitrogens with one attached hydrogen (secondary N) is 1. The van der Waals surface area contributed by atoms with Crippen LogP contribution in [0.5, 0.6) is 0 Å². The van der Waals surface area contributed by atoms with Crippen LogP contribution in [0.15, 0.2) is 6.33 Å². The summed E-state index contributed by atoms with van der Waals surface area (Å²) in [5, 5.41) is 0. The average molecular weight is 164 g/mol. The van der Waals surface area contributed by atoms with Crippen molar-refractivity contribution in [1.29, 1.82) is 0 Å². The number of H-pyrrole nitrogens is 1. The van der Waals surface area contributed by atoms with E-state index in [1.165, 1.54) is 0 Å². The number of aromatic nitrogens is 2. The molecule has 0 fully saturated rings. The summed E-state index contributed by atoms with van der Waals surface area (Å²) in [6.45, 7) is 1.64. The molecule has 62 valence electrons. The summed E-state index contributed by atoms with van der Waals surface area (Å²) in [5.74, 6) is 0. The van der Waals surface area contributed by atoms with Gasteiger partial charge >= 0.3 is 6.18 Å². The Morgan fingerprint density at radius 2 is 2.18 bits per heavy atom. The fourth-order valence-electron chi connectivity index (χ4n) is 0.835. The van der Waals surface area contributed by atoms with Gasteiger partial charge in [0.2, 0.25) is 0 Å². The lowest BCUT2D eigenvalue weighted by Gasteiger charge is -2.03. The van der Waals surface area contributed by atoms with Crippen LogP contribution < -0.4 is 0 Å². The van der Waals surface area contributed by atoms with Crippen LogP contribution in [0.4, 0.5) is 13.2 Å². The number of hydrogen-bond donors (Lipinski definition) is 1. The van der Waals surface area contributed by atoms with Crippen molar-refractivity contribution in [3.63, 3.8) is 0 Å². The lowest BCUT2D eigenvalue weighted by Crippen LogP contribution is -2.08. The van der Waals surface area contributed by atoms with Crippen LogP contribution in [-0.4, -0.2) is 9.97 Å². The molecule has 0 radical (unpaired) electrons. The average Bonchev–Trinajstić information content (AvgIpc) is 2.31. The normalized spacial score (nSPS) is 12.0. The van der Waals surface area contributed by atoms with Crippen molar-refractivity contribution < 1.29 is 13.2 Å². The molecule has 11 heavy (non-hydrogen) atoms. The first-order valence-electron chi connectivity index (χ1n) is 3.15. The summed E-state index contributed by atoms with van der Waals surface area (Å²) in [4.78, 5) is 5.61. The second kappa shape index (κ2) is 2.56. The molecule has 1 heterocycles. The number of imidazole rings is 1. The van der Waals surface area contributed by atoms with Crippen molar-refractivity contribution in [3.8, 4) is 0 Å². The number of rotatable bonds is 1. The predicted octanol–water partition coefficient (Wildman–Crippen LogP) is 1.99. The van der Waals surface area contributed by atoms with E-state index in [1.54, 1.807) is 6.92 Å². The lowest BCUT2D eigenvalue weighted by molar-refractivity contribution is -0.141. The Bertz CT molecular complexity index is 238. The van der Waals surface area contributed by atoms with Gasteiger partial charge in [-0.1, -0.05) is 6.92 Å². The Morgan fingerprint density at radius 1 is 1.55 bits per heavy atom. The van der Waals surface area contributed by atoms with Gasteiger partial charge in [-0.3, -0.25) is 0 Å². The molecule has 0 saturated heterocycles. The van der Waals surface area contributed by atoms with Crippen molar-refractivity contribution in [3.05, 3.63) is 17.7 Å². The number of halogens is 3. The Morgan fingerprint density at radius 3 is 2.55 bits per heavy atom. The van der Waals surface area contributed by atoms with Crippen molar-refractivity contribution in [2.45, 2.75) is 19.5 Å². The summed E-state index contributed by atoms with van der Waals surface area (Å²) in [6.07, 6.45) is -2.96. The first-order valence-corrected chi connectivity index (χ1v) is 3.15. The van der Waals surface area contributed by atoms with Gasteiger partial charge in [0.15, 0.2) is 5.69 Å². The standard InChI is InChI=1S/C6H7F3N2/c1-2-4-5(6(7,8)9)11-3-10-4/h3H,2H2,1H3,(H,10,11). The largest absolute Gasteiger partial charge is 0.435 e. The minimum absolute atomic E-state index is 0.137. The van der Waals surface area contributed by atoms with Gasteiger partial charge in [0, 0.05) is 5.69 Å². The van der Waals surface area contributed by atoms with E-state index in [0.29, 0.717) is 6.42 Å². The summed E-state index contributed by atoms with van der Waals surface area (Å²) in [6, 6.07) is 0. The fourth-order valence-corrected chi connectivity index (χ4v) is 0.835. The molecular formula is C6H7F3N2. The minimum atomic E-state index is -4.33. The third kappa shape index (κ3) is 1.53. The molecule has 0 aliphatic heterocycles. The topological polar surface area (TPSA) is 28.7 Å². The Balaban J connectivity index is 3.02. The van der Waals surface area contributed by atoms with Crippen LogP contribution in [0.1, 0.15) is 18.3 Å². The summed E-state index contributed by atoms with van der Waals surface area (Å²) >= 11 is 0. The smallest absolute Gasteiger partial charge is 0.348 e. The van der Waals surface area contributed by atoms with Crippen molar-refractivity contribution in [2.24, 2.45) is 0 Å². The summed E-state index contributed by atoms with van der Waals surface area (Å²) in [7, 11) is 0. The molecule has 0 bridgehead atoms. The van der Waals surface area contributed by atoms with Crippen molar-refractivity contribution >= 4 is 0 Å². The van der Waals surface area contributed by atoms with E-state index in [4.69, 9.17) is 0 Å². The molecule has 0 spiro atoms. The molecule has 1 aromatic heterocycles. The van der Waals surface area contributed by atoms with Gasteiger partial charge in [0.05, 0.1) is 6.33 Å². The van der Waals surface area contributed by atoms with Crippen LogP contribution in [0.2, 0.25) is 0 Å². The molecule has 0 aromatic carbocycles. The molecule has 2 nitrogen and oxygen atoms in total. The third-order valence-electron chi connectivity index (χ3n) is 1.34. The van der Waals surface area contributed by atoms with Crippen LogP contribution in [0.3, 0.4) is 0 Å². The van der Waals surface area contributed by atoms with Crippen LogP contribution in [0, 0.1) is 0 Å². The van der Waals surface area contributed by atoms with E-state index >= 15 is 0 Å². The molecule has 1 aromatic rings. The molecule has 1 rings (SSSR count). The molecule has 0 atom stereocenters. The van der Waals surface area contributed by atoms with E-state index in [2.05, 4.69) is 9.97 Å². The molecule has 0 unspecified atom stereocenters. The molecule has 5 heteroatoms. The van der Waals surface area contributed by atoms with E-state index < -0.39 is 11.9 Å². The predicted molar refractivity (Wildman–Crippen MR) is 33.0 cm³/mol. The Kier molecular flexibility index (Phi) is 1.89. The highest BCUT2D eigenvalue weighted by molar-refractivity contribution is 5.13. The number of aromatic amines is 1. The zero-order chi connectivity index (χ0) is 8.48. The van der Waals surface area contributed by atoms with E-state index in [1.807, 2.05) is 0 Å². The third-order valence-corrected chi connectivity index (χ3v) is 1.34. The molecular weight excluding hydrogens is 157 g/mol. The first kappa shape index (κ1) is 8.10. The van der Waals surface area contributed by atoms with Gasteiger partial charge in [-0.05, 0) is 6.42 Å². The minimum Gasteiger partial charge on any atom is -0.348 e. The van der Waals surface area contributed by atoms with Crippen molar-refractivity contribution in [1.82, 2.24) is 9.97 Å². The number of hydrogen-bond acceptors (Lipinski definition) is 1. The highest BCUT2D eigenvalue weighted by Gasteiger charge is 2.35. The lowest BCUT2D eigenvalue weighted by atomic mass is 10.2. The molecule has 0 aliphatic carbocycles. The van der Waals surface area contributed by atoms with Gasteiger partial charge in [0.25, 0.3) is 0 Å². The molecule has 0 saturated carbocycles. The van der Waals surface area contributed by atoms with Crippen LogP contribution in [-0.2, 0) is 12.6 Å². The zero-order valence-electron chi connectivity index (χ0n) is 5.87. The first-order chi connectivity index (χ1) is 5.05.